The molecule has 1 saturated heterocycles. The standard InChI is InChI=1S/C14H18FN3O/c15-10-8-9(14(16)17)4-5-11(10)18-6-7-19-13-3-1-2-12(13)18/h4-5,8,12-13H,1-3,6-7H2,(H3,16,17). The minimum atomic E-state index is -0.305. The van der Waals surface area contributed by atoms with Crippen LogP contribution in [0, 0.1) is 11.2 Å². The van der Waals surface area contributed by atoms with Gasteiger partial charge in [0.15, 0.2) is 0 Å². The Bertz CT molecular complexity index is 505. The summed E-state index contributed by atoms with van der Waals surface area (Å²) in [5.41, 5.74) is 6.41. The molecule has 19 heavy (non-hydrogen) atoms. The molecule has 2 fully saturated rings. The number of halogens is 1. The minimum Gasteiger partial charge on any atom is -0.384 e. The smallest absolute Gasteiger partial charge is 0.147 e. The molecule has 2 atom stereocenters. The first kappa shape index (κ1) is 12.4. The number of fused-ring (bicyclic) bond motifs is 1. The van der Waals surface area contributed by atoms with Gasteiger partial charge in [-0.15, -0.1) is 0 Å². The molecular formula is C14H18FN3O. The lowest BCUT2D eigenvalue weighted by atomic mass is 10.1. The quantitative estimate of drug-likeness (QED) is 0.632. The normalized spacial score (nSPS) is 26.3. The van der Waals surface area contributed by atoms with Gasteiger partial charge in [0, 0.05) is 12.1 Å². The molecule has 3 N–H and O–H groups in total. The summed E-state index contributed by atoms with van der Waals surface area (Å²) >= 11 is 0. The van der Waals surface area contributed by atoms with Gasteiger partial charge in [-0.3, -0.25) is 5.41 Å². The van der Waals surface area contributed by atoms with Crippen LogP contribution in [-0.2, 0) is 4.74 Å². The summed E-state index contributed by atoms with van der Waals surface area (Å²) in [6, 6.07) is 5.07. The monoisotopic (exact) mass is 263 g/mol. The molecule has 0 bridgehead atoms. The van der Waals surface area contributed by atoms with Gasteiger partial charge in [-0.25, -0.2) is 4.39 Å². The van der Waals surface area contributed by atoms with Crippen LogP contribution in [0.2, 0.25) is 0 Å². The lowest BCUT2D eigenvalue weighted by Gasteiger charge is -2.39. The highest BCUT2D eigenvalue weighted by Gasteiger charge is 2.36. The number of nitrogen functional groups attached to an aromatic ring is 1. The highest BCUT2D eigenvalue weighted by atomic mass is 19.1. The molecule has 4 nitrogen and oxygen atoms in total. The van der Waals surface area contributed by atoms with E-state index in [0.717, 1.165) is 25.8 Å². The second-order valence-corrected chi connectivity index (χ2v) is 5.18. The number of benzene rings is 1. The van der Waals surface area contributed by atoms with Gasteiger partial charge >= 0.3 is 0 Å². The Kier molecular flexibility index (Phi) is 3.14. The first-order valence-electron chi connectivity index (χ1n) is 6.69. The Morgan fingerprint density at radius 3 is 3.00 bits per heavy atom. The van der Waals surface area contributed by atoms with Crippen molar-refractivity contribution < 1.29 is 9.13 Å². The van der Waals surface area contributed by atoms with E-state index in [-0.39, 0.29) is 23.8 Å². The number of nitrogens with two attached hydrogens (primary N) is 1. The number of nitrogens with one attached hydrogen (secondary N) is 1. The van der Waals surface area contributed by atoms with Gasteiger partial charge in [0.1, 0.15) is 11.7 Å². The number of hydrogen-bond acceptors (Lipinski definition) is 3. The van der Waals surface area contributed by atoms with Crippen LogP contribution in [0.25, 0.3) is 0 Å². The Labute approximate surface area is 111 Å². The Balaban J connectivity index is 1.90. The maximum absolute atomic E-state index is 14.2. The van der Waals surface area contributed by atoms with E-state index < -0.39 is 0 Å². The molecule has 2 unspecified atom stereocenters. The summed E-state index contributed by atoms with van der Waals surface area (Å²) in [6.45, 7) is 1.37. The fourth-order valence-electron chi connectivity index (χ4n) is 3.13. The summed E-state index contributed by atoms with van der Waals surface area (Å²) in [5.74, 6) is -0.411. The molecule has 1 aliphatic heterocycles. The summed E-state index contributed by atoms with van der Waals surface area (Å²) in [7, 11) is 0. The molecule has 2 aliphatic rings. The maximum atomic E-state index is 14.2. The van der Waals surface area contributed by atoms with Gasteiger partial charge in [-0.2, -0.15) is 0 Å². The second kappa shape index (κ2) is 4.81. The average molecular weight is 263 g/mol. The van der Waals surface area contributed by atoms with Gasteiger partial charge in [-0.05, 0) is 37.5 Å². The van der Waals surface area contributed by atoms with Crippen LogP contribution >= 0.6 is 0 Å². The molecule has 102 valence electrons. The predicted molar refractivity (Wildman–Crippen MR) is 72.1 cm³/mol. The molecule has 0 aromatic heterocycles. The summed E-state index contributed by atoms with van der Waals surface area (Å²) in [4.78, 5) is 2.11. The van der Waals surface area contributed by atoms with Crippen LogP contribution in [0.4, 0.5) is 10.1 Å². The van der Waals surface area contributed by atoms with Gasteiger partial charge in [0.05, 0.1) is 24.4 Å². The van der Waals surface area contributed by atoms with Gasteiger partial charge in [-0.1, -0.05) is 0 Å². The van der Waals surface area contributed by atoms with Crippen molar-refractivity contribution in [3.05, 3.63) is 29.6 Å². The van der Waals surface area contributed by atoms with Crippen molar-refractivity contribution in [2.45, 2.75) is 31.4 Å². The van der Waals surface area contributed by atoms with Crippen molar-refractivity contribution in [1.82, 2.24) is 0 Å². The summed E-state index contributed by atoms with van der Waals surface area (Å²) in [6.07, 6.45) is 3.49. The number of nitrogens with zero attached hydrogens (tertiary/aromatic N) is 1. The highest BCUT2D eigenvalue weighted by Crippen LogP contribution is 2.34. The van der Waals surface area contributed by atoms with Crippen LogP contribution < -0.4 is 10.6 Å². The van der Waals surface area contributed by atoms with Gasteiger partial charge in [0.25, 0.3) is 0 Å². The number of hydrogen-bond donors (Lipinski definition) is 2. The number of morpholine rings is 1. The SMILES string of the molecule is N=C(N)c1ccc(N2CCOC3CCCC32)c(F)c1. The second-order valence-electron chi connectivity index (χ2n) is 5.18. The maximum Gasteiger partial charge on any atom is 0.147 e. The molecule has 1 heterocycles. The van der Waals surface area contributed by atoms with Crippen LogP contribution in [0.3, 0.4) is 0 Å². The van der Waals surface area contributed by atoms with Crippen LogP contribution in [-0.4, -0.2) is 31.1 Å². The van der Waals surface area contributed by atoms with Crippen LogP contribution in [0.15, 0.2) is 18.2 Å². The van der Waals surface area contributed by atoms with Crippen molar-refractivity contribution in [1.29, 1.82) is 5.41 Å². The Morgan fingerprint density at radius 2 is 2.26 bits per heavy atom. The zero-order valence-electron chi connectivity index (χ0n) is 10.7. The zero-order valence-corrected chi connectivity index (χ0v) is 10.7. The van der Waals surface area contributed by atoms with Crippen molar-refractivity contribution in [2.75, 3.05) is 18.1 Å². The molecule has 1 aromatic rings. The van der Waals surface area contributed by atoms with E-state index in [2.05, 4.69) is 4.90 Å². The zero-order chi connectivity index (χ0) is 13.4. The largest absolute Gasteiger partial charge is 0.384 e. The molecule has 1 saturated carbocycles. The molecule has 1 aliphatic carbocycles. The molecule has 1 aromatic carbocycles. The number of amidine groups is 1. The predicted octanol–water partition coefficient (Wildman–Crippen LogP) is 1.87. The van der Waals surface area contributed by atoms with Gasteiger partial charge in [0.2, 0.25) is 0 Å². The van der Waals surface area contributed by atoms with Crippen molar-refractivity contribution in [3.63, 3.8) is 0 Å². The van der Waals surface area contributed by atoms with Crippen LogP contribution in [0.5, 0.6) is 0 Å². The summed E-state index contributed by atoms with van der Waals surface area (Å²) in [5, 5.41) is 7.34. The first-order chi connectivity index (χ1) is 9.16. The van der Waals surface area contributed by atoms with Crippen LogP contribution in [0.1, 0.15) is 24.8 Å². The van der Waals surface area contributed by atoms with E-state index in [0.29, 0.717) is 17.9 Å². The van der Waals surface area contributed by atoms with Crippen molar-refractivity contribution in [2.24, 2.45) is 5.73 Å². The number of rotatable bonds is 2. The number of anilines is 1. The number of ether oxygens (including phenoxy) is 1. The van der Waals surface area contributed by atoms with Crippen molar-refractivity contribution in [3.8, 4) is 0 Å². The van der Waals surface area contributed by atoms with E-state index in [1.165, 1.54) is 6.07 Å². The highest BCUT2D eigenvalue weighted by molar-refractivity contribution is 5.95. The average Bonchev–Trinajstić information content (AvgIpc) is 2.86. The van der Waals surface area contributed by atoms with E-state index in [9.17, 15) is 4.39 Å². The van der Waals surface area contributed by atoms with E-state index in [1.807, 2.05) is 0 Å². The lowest BCUT2D eigenvalue weighted by Crippen LogP contribution is -2.49. The van der Waals surface area contributed by atoms with E-state index in [4.69, 9.17) is 15.9 Å². The van der Waals surface area contributed by atoms with Gasteiger partial charge < -0.3 is 15.4 Å². The van der Waals surface area contributed by atoms with E-state index >= 15 is 0 Å². The fourth-order valence-corrected chi connectivity index (χ4v) is 3.13. The molecular weight excluding hydrogens is 245 g/mol. The lowest BCUT2D eigenvalue weighted by molar-refractivity contribution is 0.0254. The third-order valence-electron chi connectivity index (χ3n) is 4.05. The molecule has 3 rings (SSSR count). The summed E-state index contributed by atoms with van der Waals surface area (Å²) < 4.78 is 20.0. The third-order valence-corrected chi connectivity index (χ3v) is 4.05. The molecule has 0 amide bonds. The molecule has 0 spiro atoms. The third kappa shape index (κ3) is 2.18. The molecule has 5 heteroatoms. The Morgan fingerprint density at radius 1 is 1.42 bits per heavy atom. The van der Waals surface area contributed by atoms with Crippen molar-refractivity contribution >= 4 is 11.5 Å². The first-order valence-corrected chi connectivity index (χ1v) is 6.69. The van der Waals surface area contributed by atoms with E-state index in [1.54, 1.807) is 12.1 Å². The topological polar surface area (TPSA) is 62.3 Å². The Hall–Kier alpha value is -1.62. The minimum absolute atomic E-state index is 0.105. The fraction of sp³-hybridized carbons (Fsp3) is 0.500. The molecule has 0 radical (unpaired) electrons.